The molecule has 0 spiro atoms. The molecule has 0 radical (unpaired) electrons. The zero-order chi connectivity index (χ0) is 15.2. The summed E-state index contributed by atoms with van der Waals surface area (Å²) >= 11 is 0. The highest BCUT2D eigenvalue weighted by molar-refractivity contribution is 5.98. The largest absolute Gasteiger partial charge is 0.497 e. The van der Waals surface area contributed by atoms with Gasteiger partial charge in [-0.25, -0.2) is 0 Å². The second kappa shape index (κ2) is 6.90. The summed E-state index contributed by atoms with van der Waals surface area (Å²) in [5.74, 6) is 0.343. The quantitative estimate of drug-likeness (QED) is 0.917. The Morgan fingerprint density at radius 3 is 2.52 bits per heavy atom. The summed E-state index contributed by atoms with van der Waals surface area (Å²) < 4.78 is 5.19. The molecule has 0 aliphatic carbocycles. The first-order chi connectivity index (χ1) is 10.2. The van der Waals surface area contributed by atoms with Crippen LogP contribution in [0.2, 0.25) is 0 Å². The number of benzene rings is 2. The molecule has 0 saturated heterocycles. The van der Waals surface area contributed by atoms with Gasteiger partial charge in [0.1, 0.15) is 5.75 Å². The Labute approximate surface area is 125 Å². The Balaban J connectivity index is 2.24. The second-order valence-electron chi connectivity index (χ2n) is 4.80. The van der Waals surface area contributed by atoms with Crippen molar-refractivity contribution in [3.8, 4) is 5.75 Å². The number of likely N-dealkylation sites (N-methyl/N-ethyl adjacent to an activating group) is 1. The lowest BCUT2D eigenvalue weighted by atomic mass is 9.97. The minimum Gasteiger partial charge on any atom is -0.497 e. The molecule has 4 nitrogen and oxygen atoms in total. The van der Waals surface area contributed by atoms with E-state index in [1.807, 2.05) is 54.6 Å². The fourth-order valence-electron chi connectivity index (χ4n) is 2.24. The van der Waals surface area contributed by atoms with Gasteiger partial charge < -0.3 is 15.4 Å². The summed E-state index contributed by atoms with van der Waals surface area (Å²) in [7, 11) is 3.36. The SMILES string of the molecule is COc1cccc(N(C)C(=O)C(CN)c2ccccc2)c1. The fraction of sp³-hybridized carbons (Fsp3) is 0.235. The van der Waals surface area contributed by atoms with Crippen LogP contribution in [0.3, 0.4) is 0 Å². The number of hydrogen-bond acceptors (Lipinski definition) is 3. The standard InChI is InChI=1S/C17H20N2O2/c1-19(14-9-6-10-15(11-14)21-2)17(20)16(12-18)13-7-4-3-5-8-13/h3-11,16H,12,18H2,1-2H3. The maximum Gasteiger partial charge on any atom is 0.235 e. The van der Waals surface area contributed by atoms with Gasteiger partial charge in [0.05, 0.1) is 13.0 Å². The van der Waals surface area contributed by atoms with E-state index in [9.17, 15) is 4.79 Å². The molecule has 2 aromatic rings. The van der Waals surface area contributed by atoms with Crippen molar-refractivity contribution in [2.75, 3.05) is 25.6 Å². The van der Waals surface area contributed by atoms with Crippen LogP contribution < -0.4 is 15.4 Å². The van der Waals surface area contributed by atoms with Crippen LogP contribution in [0.4, 0.5) is 5.69 Å². The summed E-state index contributed by atoms with van der Waals surface area (Å²) in [6.45, 7) is 0.275. The van der Waals surface area contributed by atoms with Gasteiger partial charge >= 0.3 is 0 Å². The molecular formula is C17H20N2O2. The molecule has 0 aromatic heterocycles. The first-order valence-electron chi connectivity index (χ1n) is 6.84. The molecule has 110 valence electrons. The molecule has 0 aliphatic rings. The minimum absolute atomic E-state index is 0.0306. The van der Waals surface area contributed by atoms with Gasteiger partial charge in [-0.1, -0.05) is 36.4 Å². The van der Waals surface area contributed by atoms with E-state index in [2.05, 4.69) is 0 Å². The van der Waals surface area contributed by atoms with E-state index in [4.69, 9.17) is 10.5 Å². The predicted molar refractivity (Wildman–Crippen MR) is 84.6 cm³/mol. The van der Waals surface area contributed by atoms with Crippen molar-refractivity contribution in [1.29, 1.82) is 0 Å². The van der Waals surface area contributed by atoms with Crippen LogP contribution in [-0.4, -0.2) is 26.6 Å². The summed E-state index contributed by atoms with van der Waals surface area (Å²) in [6.07, 6.45) is 0. The number of nitrogens with two attached hydrogens (primary N) is 1. The first kappa shape index (κ1) is 15.1. The van der Waals surface area contributed by atoms with E-state index in [0.717, 1.165) is 17.0 Å². The van der Waals surface area contributed by atoms with Gasteiger partial charge in [-0.05, 0) is 17.7 Å². The van der Waals surface area contributed by atoms with Crippen molar-refractivity contribution in [2.24, 2.45) is 5.73 Å². The number of anilines is 1. The van der Waals surface area contributed by atoms with Crippen LogP contribution in [-0.2, 0) is 4.79 Å². The van der Waals surface area contributed by atoms with Crippen molar-refractivity contribution in [3.05, 3.63) is 60.2 Å². The number of nitrogens with zero attached hydrogens (tertiary/aromatic N) is 1. The summed E-state index contributed by atoms with van der Waals surface area (Å²) in [5, 5.41) is 0. The van der Waals surface area contributed by atoms with E-state index in [-0.39, 0.29) is 18.4 Å². The molecule has 2 N–H and O–H groups in total. The van der Waals surface area contributed by atoms with Crippen molar-refractivity contribution >= 4 is 11.6 Å². The van der Waals surface area contributed by atoms with Crippen molar-refractivity contribution in [1.82, 2.24) is 0 Å². The zero-order valence-corrected chi connectivity index (χ0v) is 12.3. The van der Waals surface area contributed by atoms with E-state index in [1.165, 1.54) is 0 Å². The molecule has 0 saturated carbocycles. The van der Waals surface area contributed by atoms with Crippen LogP contribution in [0, 0.1) is 0 Å². The molecule has 1 unspecified atom stereocenters. The maximum absolute atomic E-state index is 12.7. The fourth-order valence-corrected chi connectivity index (χ4v) is 2.24. The third-order valence-electron chi connectivity index (χ3n) is 3.51. The smallest absolute Gasteiger partial charge is 0.235 e. The van der Waals surface area contributed by atoms with Gasteiger partial charge in [-0.15, -0.1) is 0 Å². The molecule has 0 aliphatic heterocycles. The summed E-state index contributed by atoms with van der Waals surface area (Å²) in [6, 6.07) is 17.0. The number of carbonyl (C=O) groups is 1. The Morgan fingerprint density at radius 1 is 1.19 bits per heavy atom. The highest BCUT2D eigenvalue weighted by atomic mass is 16.5. The van der Waals surface area contributed by atoms with Crippen LogP contribution >= 0.6 is 0 Å². The number of hydrogen-bond donors (Lipinski definition) is 1. The normalized spacial score (nSPS) is 11.8. The highest BCUT2D eigenvalue weighted by Crippen LogP contribution is 2.24. The lowest BCUT2D eigenvalue weighted by molar-refractivity contribution is -0.119. The molecular weight excluding hydrogens is 264 g/mol. The number of methoxy groups -OCH3 is 1. The Bertz CT molecular complexity index is 599. The van der Waals surface area contributed by atoms with E-state index in [0.29, 0.717) is 0 Å². The van der Waals surface area contributed by atoms with E-state index in [1.54, 1.807) is 19.1 Å². The molecule has 0 fully saturated rings. The molecule has 4 heteroatoms. The number of ether oxygens (including phenoxy) is 1. The topological polar surface area (TPSA) is 55.6 Å². The molecule has 2 rings (SSSR count). The first-order valence-corrected chi connectivity index (χ1v) is 6.84. The number of amides is 1. The lowest BCUT2D eigenvalue weighted by Gasteiger charge is -2.23. The van der Waals surface area contributed by atoms with Crippen LogP contribution in [0.1, 0.15) is 11.5 Å². The van der Waals surface area contributed by atoms with Crippen molar-refractivity contribution < 1.29 is 9.53 Å². The Hall–Kier alpha value is -2.33. The Morgan fingerprint density at radius 2 is 1.90 bits per heavy atom. The van der Waals surface area contributed by atoms with Gasteiger partial charge in [0, 0.05) is 25.3 Å². The minimum atomic E-state index is -0.345. The van der Waals surface area contributed by atoms with Gasteiger partial charge in [-0.2, -0.15) is 0 Å². The third kappa shape index (κ3) is 3.41. The lowest BCUT2D eigenvalue weighted by Crippen LogP contribution is -2.35. The van der Waals surface area contributed by atoms with Crippen molar-refractivity contribution in [3.63, 3.8) is 0 Å². The molecule has 2 aromatic carbocycles. The number of rotatable bonds is 5. The van der Waals surface area contributed by atoms with E-state index < -0.39 is 0 Å². The van der Waals surface area contributed by atoms with Gasteiger partial charge in [-0.3, -0.25) is 4.79 Å². The van der Waals surface area contributed by atoms with Crippen LogP contribution in [0.15, 0.2) is 54.6 Å². The van der Waals surface area contributed by atoms with Gasteiger partial charge in [0.2, 0.25) is 5.91 Å². The molecule has 21 heavy (non-hydrogen) atoms. The Kier molecular flexibility index (Phi) is 4.95. The summed E-state index contributed by atoms with van der Waals surface area (Å²) in [5.41, 5.74) is 7.52. The van der Waals surface area contributed by atoms with E-state index >= 15 is 0 Å². The predicted octanol–water partition coefficient (Wildman–Crippen LogP) is 2.40. The molecule has 1 atom stereocenters. The van der Waals surface area contributed by atoms with Crippen LogP contribution in [0.5, 0.6) is 5.75 Å². The average molecular weight is 284 g/mol. The second-order valence-corrected chi connectivity index (χ2v) is 4.80. The zero-order valence-electron chi connectivity index (χ0n) is 12.3. The monoisotopic (exact) mass is 284 g/mol. The number of carbonyl (C=O) groups excluding carboxylic acids is 1. The summed E-state index contributed by atoms with van der Waals surface area (Å²) in [4.78, 5) is 14.3. The van der Waals surface area contributed by atoms with Gasteiger partial charge in [0.15, 0.2) is 0 Å². The van der Waals surface area contributed by atoms with Crippen LogP contribution in [0.25, 0.3) is 0 Å². The average Bonchev–Trinajstić information content (AvgIpc) is 2.55. The highest BCUT2D eigenvalue weighted by Gasteiger charge is 2.23. The maximum atomic E-state index is 12.7. The molecule has 0 heterocycles. The van der Waals surface area contributed by atoms with Crippen molar-refractivity contribution in [2.45, 2.75) is 5.92 Å². The van der Waals surface area contributed by atoms with Gasteiger partial charge in [0.25, 0.3) is 0 Å². The molecule has 0 bridgehead atoms. The third-order valence-corrected chi connectivity index (χ3v) is 3.51. The molecule has 1 amide bonds.